The van der Waals surface area contributed by atoms with Gasteiger partial charge in [-0.05, 0) is 26.2 Å². The van der Waals surface area contributed by atoms with Crippen LogP contribution in [0.15, 0.2) is 0 Å². The lowest BCUT2D eigenvalue weighted by Crippen LogP contribution is -2.51. The molecule has 1 aliphatic rings. The van der Waals surface area contributed by atoms with E-state index in [1.165, 1.54) is 0 Å². The summed E-state index contributed by atoms with van der Waals surface area (Å²) in [6.45, 7) is 6.10. The Labute approximate surface area is 60.2 Å². The van der Waals surface area contributed by atoms with Crippen molar-refractivity contribution in [2.24, 2.45) is 0 Å². The quantitative estimate of drug-likeness (QED) is 0.413. The lowest BCUT2D eigenvalue weighted by atomic mass is 10.3. The lowest BCUT2D eigenvalue weighted by Gasteiger charge is -2.31. The van der Waals surface area contributed by atoms with Gasteiger partial charge in [-0.25, -0.2) is 0 Å². The van der Waals surface area contributed by atoms with E-state index in [0.717, 1.165) is 13.1 Å². The van der Waals surface area contributed by atoms with Gasteiger partial charge < -0.3 is 8.95 Å². The molecule has 0 spiro atoms. The number of nitrogens with zero attached hydrogens (tertiary/aromatic N) is 2. The van der Waals surface area contributed by atoms with E-state index in [4.69, 9.17) is 16.0 Å². The molecule has 0 N–H and O–H groups in total. The second-order valence-corrected chi connectivity index (χ2v) is 7.02. The van der Waals surface area contributed by atoms with Crippen LogP contribution >= 0.6 is 0 Å². The molecule has 5 heteroatoms. The van der Waals surface area contributed by atoms with Gasteiger partial charge in [0, 0.05) is 0 Å². The summed E-state index contributed by atoms with van der Waals surface area (Å²) in [6, 6.07) is 0. The van der Waals surface area contributed by atoms with Crippen LogP contribution in [0.3, 0.4) is 0 Å². The van der Waals surface area contributed by atoms with Crippen molar-refractivity contribution in [3.63, 3.8) is 0 Å². The average Bonchev–Trinajstić information content (AvgIpc) is 1.96. The summed E-state index contributed by atoms with van der Waals surface area (Å²) in [7, 11) is 9.83. The summed E-state index contributed by atoms with van der Waals surface area (Å²) in [4.78, 5) is 0. The van der Waals surface area contributed by atoms with Crippen LogP contribution in [0, 0.1) is 0 Å². The first-order chi connectivity index (χ1) is 4.05. The van der Waals surface area contributed by atoms with Crippen molar-refractivity contribution in [1.82, 2.24) is 8.95 Å². The summed E-state index contributed by atoms with van der Waals surface area (Å²) < 4.78 is 3.76. The maximum atomic E-state index is 5.68. The van der Waals surface area contributed by atoms with Crippen molar-refractivity contribution in [2.45, 2.75) is 13.1 Å². The van der Waals surface area contributed by atoms with Crippen LogP contribution in [-0.2, 0) is 0 Å². The van der Waals surface area contributed by atoms with Gasteiger partial charge in [-0.15, -0.1) is 0 Å². The van der Waals surface area contributed by atoms with Gasteiger partial charge in [0.2, 0.25) is 0 Å². The van der Waals surface area contributed by atoms with Gasteiger partial charge in [0.15, 0.2) is 24.4 Å². The average molecular weight is 136 g/mol. The van der Waals surface area contributed by atoms with Gasteiger partial charge in [-0.3, -0.25) is 0 Å². The number of hydrogen-bond donors (Lipinski definition) is 0. The van der Waals surface area contributed by atoms with Crippen molar-refractivity contribution >= 4 is 24.4 Å². The van der Waals surface area contributed by atoms with Crippen LogP contribution in [0.25, 0.3) is 0 Å². The Morgan fingerprint density at radius 2 is 1.44 bits per heavy atom. The molecule has 0 aromatic carbocycles. The predicted molar refractivity (Wildman–Crippen MR) is 42.4 cm³/mol. The van der Waals surface area contributed by atoms with Crippen molar-refractivity contribution in [3.05, 3.63) is 0 Å². The molecule has 1 saturated heterocycles. The molecule has 9 heavy (non-hydrogen) atoms. The zero-order valence-corrected chi connectivity index (χ0v) is 6.96. The van der Waals surface area contributed by atoms with Crippen molar-refractivity contribution in [1.29, 1.82) is 0 Å². The zero-order chi connectivity index (χ0) is 7.07. The molecule has 0 aromatic heterocycles. The molecule has 1 heterocycles. The van der Waals surface area contributed by atoms with Crippen molar-refractivity contribution < 1.29 is 0 Å². The monoisotopic (exact) mass is 136 g/mol. The molecule has 2 nitrogen and oxygen atoms in total. The van der Waals surface area contributed by atoms with Gasteiger partial charge in [0.25, 0.3) is 0 Å². The number of rotatable bonds is 0. The molecule has 0 bridgehead atoms. The van der Waals surface area contributed by atoms with E-state index in [9.17, 15) is 0 Å². The summed E-state index contributed by atoms with van der Waals surface area (Å²) in [5.74, 6) is 0. The van der Waals surface area contributed by atoms with E-state index in [-0.39, 0.29) is 0 Å². The van der Waals surface area contributed by atoms with E-state index >= 15 is 0 Å². The Hall–Kier alpha value is 0.267. The first kappa shape index (κ1) is 7.37. The van der Waals surface area contributed by atoms with E-state index in [0.29, 0.717) is 0 Å². The van der Waals surface area contributed by atoms with Gasteiger partial charge in [0.05, 0.1) is 0 Å². The first-order valence-corrected chi connectivity index (χ1v) is 5.99. The van der Waals surface area contributed by atoms with Crippen LogP contribution in [-0.4, -0.2) is 46.4 Å². The summed E-state index contributed by atoms with van der Waals surface area (Å²) >= 11 is 0. The van der Waals surface area contributed by atoms with Gasteiger partial charge in [-0.2, -0.15) is 0 Å². The predicted octanol–water partition coefficient (Wildman–Crippen LogP) is -0.527. The van der Waals surface area contributed by atoms with Gasteiger partial charge in [0.1, 0.15) is 0 Å². The van der Waals surface area contributed by atoms with Gasteiger partial charge in [-0.1, -0.05) is 0 Å². The Morgan fingerprint density at radius 3 is 1.56 bits per heavy atom. The summed E-state index contributed by atoms with van der Waals surface area (Å²) in [6.07, 6.45) is 0. The minimum Gasteiger partial charge on any atom is -0.363 e. The van der Waals surface area contributed by atoms with Crippen LogP contribution in [0.4, 0.5) is 0 Å². The number of hydrogen-bond acceptors (Lipinski definition) is 2. The smallest absolute Gasteiger partial charge is 0.177 e. The molecular weight excluding hydrogens is 126 g/mol. The zero-order valence-electron chi connectivity index (χ0n) is 5.96. The van der Waals surface area contributed by atoms with Gasteiger partial charge >= 0.3 is 0 Å². The third kappa shape index (κ3) is 1.09. The van der Waals surface area contributed by atoms with E-state index < -0.39 is 8.40 Å². The maximum absolute atomic E-state index is 5.68. The molecule has 0 amide bonds. The molecule has 1 fully saturated rings. The summed E-state index contributed by atoms with van der Waals surface area (Å²) in [5, 5.41) is 0. The minimum atomic E-state index is -1.52. The molecule has 0 aromatic rings. The first-order valence-electron chi connectivity index (χ1n) is 3.10. The summed E-state index contributed by atoms with van der Waals surface area (Å²) in [5.41, 5.74) is 0. The Balaban J connectivity index is 2.66. The van der Waals surface area contributed by atoms with E-state index in [1.54, 1.807) is 0 Å². The molecule has 0 unspecified atom stereocenters. The maximum Gasteiger partial charge on any atom is 0.177 e. The lowest BCUT2D eigenvalue weighted by molar-refractivity contribution is 0.696. The fraction of sp³-hybridized carbons (Fsp3) is 1.00. The Morgan fingerprint density at radius 1 is 1.11 bits per heavy atom. The molecule has 0 atom stereocenters. The highest BCUT2D eigenvalue weighted by Crippen LogP contribution is 2.15. The van der Waals surface area contributed by atoms with Crippen LogP contribution in [0.1, 0.15) is 0 Å². The van der Waals surface area contributed by atoms with E-state index in [2.05, 4.69) is 13.1 Å². The highest BCUT2D eigenvalue weighted by molar-refractivity contribution is 6.79. The molecule has 1 aliphatic heterocycles. The van der Waals surface area contributed by atoms with Crippen LogP contribution < -0.4 is 0 Å². The van der Waals surface area contributed by atoms with Crippen molar-refractivity contribution in [2.75, 3.05) is 13.1 Å². The third-order valence-electron chi connectivity index (χ3n) is 1.99. The van der Waals surface area contributed by atoms with Crippen LogP contribution in [0.5, 0.6) is 0 Å². The largest absolute Gasteiger partial charge is 0.363 e. The fourth-order valence-electron chi connectivity index (χ4n) is 0.928. The topological polar surface area (TPSA) is 6.48 Å². The normalized spacial score (nSPS) is 29.1. The van der Waals surface area contributed by atoms with E-state index in [1.807, 2.05) is 8.95 Å². The second-order valence-electron chi connectivity index (χ2n) is 2.88. The molecule has 0 saturated carbocycles. The fourth-order valence-corrected chi connectivity index (χ4v) is 2.55. The highest BCUT2D eigenvalue weighted by atomic mass is 28.3. The Kier molecular flexibility index (Phi) is 1.76. The molecule has 4 radical (unpaired) electrons. The highest BCUT2D eigenvalue weighted by Gasteiger charge is 2.35. The molecule has 1 rings (SSSR count). The standard InChI is InChI=1S/C4H10B2N2Si/c1-9(2)7(5)3-4-8(9)6/h3-4H2,1-2H3. The second kappa shape index (κ2) is 2.14. The molecular formula is C4H10B2N2Si. The molecule has 0 aliphatic carbocycles. The Bertz CT molecular complexity index is 107. The van der Waals surface area contributed by atoms with Crippen LogP contribution in [0.2, 0.25) is 13.1 Å². The van der Waals surface area contributed by atoms with Crippen molar-refractivity contribution in [3.8, 4) is 0 Å². The molecule has 46 valence electrons. The third-order valence-corrected chi connectivity index (χ3v) is 5.25. The SMILES string of the molecule is [B]N1CCN([B])[Si]1(C)C. The minimum absolute atomic E-state index is 0.912.